The summed E-state index contributed by atoms with van der Waals surface area (Å²) >= 11 is 4.65. The van der Waals surface area contributed by atoms with Crippen LogP contribution in [0.15, 0.2) is 62.9 Å². The highest BCUT2D eigenvalue weighted by molar-refractivity contribution is 8.00. The first-order valence-corrected chi connectivity index (χ1v) is 15.1. The molecule has 0 bridgehead atoms. The van der Waals surface area contributed by atoms with E-state index in [2.05, 4.69) is 26.6 Å². The van der Waals surface area contributed by atoms with Gasteiger partial charge in [0.15, 0.2) is 9.50 Å². The van der Waals surface area contributed by atoms with Gasteiger partial charge >= 0.3 is 0 Å². The van der Waals surface area contributed by atoms with Crippen molar-refractivity contribution < 1.29 is 13.2 Å². The Morgan fingerprint density at radius 1 is 1.11 bits per heavy atom. The highest BCUT2D eigenvalue weighted by Crippen LogP contribution is 2.31. The lowest BCUT2D eigenvalue weighted by molar-refractivity contribution is -0.118. The molecule has 35 heavy (non-hydrogen) atoms. The number of nitrogens with zero attached hydrogens (tertiary/aromatic N) is 4. The number of fused-ring (bicyclic) bond motifs is 1. The third-order valence-electron chi connectivity index (χ3n) is 5.03. The number of hydrogen-bond acceptors (Lipinski definition) is 9. The summed E-state index contributed by atoms with van der Waals surface area (Å²) in [5, 5.41) is 17.3. The molecule has 3 N–H and O–H groups in total. The van der Waals surface area contributed by atoms with Crippen LogP contribution < -0.4 is 10.5 Å². The normalized spacial score (nSPS) is 11.7. The van der Waals surface area contributed by atoms with E-state index in [0.717, 1.165) is 25.9 Å². The first-order chi connectivity index (χ1) is 16.8. The SMILES string of the molecule is CCn1c(CSc2nc3ccccc3s2)nnc1SCC(=O)NCCc1ccc(S(N)(=O)=O)cc1. The summed E-state index contributed by atoms with van der Waals surface area (Å²) in [6, 6.07) is 14.4. The summed E-state index contributed by atoms with van der Waals surface area (Å²) in [7, 11) is -3.70. The van der Waals surface area contributed by atoms with Gasteiger partial charge in [-0.15, -0.1) is 21.5 Å². The lowest BCUT2D eigenvalue weighted by atomic mass is 10.1. The quantitative estimate of drug-likeness (QED) is 0.273. The second kappa shape index (κ2) is 11.5. The number of aromatic nitrogens is 4. The van der Waals surface area contributed by atoms with E-state index in [9.17, 15) is 13.2 Å². The van der Waals surface area contributed by atoms with Crippen LogP contribution in [-0.4, -0.2) is 46.4 Å². The number of sulfonamides is 1. The number of nitrogens with two attached hydrogens (primary N) is 1. The monoisotopic (exact) mass is 548 g/mol. The van der Waals surface area contributed by atoms with Crippen molar-refractivity contribution in [1.29, 1.82) is 0 Å². The number of primary sulfonamides is 1. The molecule has 0 saturated carbocycles. The molecule has 2 aromatic carbocycles. The van der Waals surface area contributed by atoms with E-state index in [4.69, 9.17) is 5.14 Å². The Kier molecular flexibility index (Phi) is 8.44. The summed E-state index contributed by atoms with van der Waals surface area (Å²) in [5.74, 6) is 1.63. The van der Waals surface area contributed by atoms with Crippen molar-refractivity contribution in [3.8, 4) is 0 Å². The molecule has 0 fully saturated rings. The van der Waals surface area contributed by atoms with Crippen molar-refractivity contribution >= 4 is 61.0 Å². The second-order valence-electron chi connectivity index (χ2n) is 7.46. The lowest BCUT2D eigenvalue weighted by Gasteiger charge is -2.08. The van der Waals surface area contributed by atoms with Gasteiger partial charge in [-0.3, -0.25) is 4.79 Å². The summed E-state index contributed by atoms with van der Waals surface area (Å²) < 4.78 is 26.8. The highest BCUT2D eigenvalue weighted by Gasteiger charge is 2.14. The van der Waals surface area contributed by atoms with Gasteiger partial charge in [0.2, 0.25) is 15.9 Å². The van der Waals surface area contributed by atoms with Crippen LogP contribution in [0.3, 0.4) is 0 Å². The fourth-order valence-electron chi connectivity index (χ4n) is 3.26. The van der Waals surface area contributed by atoms with Crippen molar-refractivity contribution in [3.05, 3.63) is 59.9 Å². The van der Waals surface area contributed by atoms with Crippen LogP contribution in [0.25, 0.3) is 10.2 Å². The Morgan fingerprint density at radius 3 is 2.60 bits per heavy atom. The van der Waals surface area contributed by atoms with Gasteiger partial charge in [-0.05, 0) is 43.2 Å². The largest absolute Gasteiger partial charge is 0.355 e. The fourth-order valence-corrected chi connectivity index (χ4v) is 6.64. The van der Waals surface area contributed by atoms with E-state index in [-0.39, 0.29) is 16.6 Å². The molecule has 0 aliphatic rings. The highest BCUT2D eigenvalue weighted by atomic mass is 32.2. The molecular weight excluding hydrogens is 525 g/mol. The van der Waals surface area contributed by atoms with Crippen LogP contribution in [0.1, 0.15) is 18.3 Å². The molecular formula is C22H24N6O3S4. The number of carbonyl (C=O) groups is 1. The molecule has 4 rings (SSSR count). The zero-order valence-electron chi connectivity index (χ0n) is 18.9. The Bertz CT molecular complexity index is 1380. The van der Waals surface area contributed by atoms with E-state index in [0.29, 0.717) is 30.4 Å². The van der Waals surface area contributed by atoms with E-state index < -0.39 is 10.0 Å². The van der Waals surface area contributed by atoms with Crippen LogP contribution in [0.4, 0.5) is 0 Å². The molecule has 0 spiro atoms. The van der Waals surface area contributed by atoms with Crippen LogP contribution in [0.5, 0.6) is 0 Å². The minimum Gasteiger partial charge on any atom is -0.355 e. The molecule has 184 valence electrons. The predicted octanol–water partition coefficient (Wildman–Crippen LogP) is 3.30. The number of rotatable bonds is 11. The summed E-state index contributed by atoms with van der Waals surface area (Å²) in [6.07, 6.45) is 0.583. The van der Waals surface area contributed by atoms with E-state index in [1.54, 1.807) is 35.2 Å². The van der Waals surface area contributed by atoms with E-state index >= 15 is 0 Å². The molecule has 2 heterocycles. The van der Waals surface area contributed by atoms with Crippen LogP contribution in [-0.2, 0) is 33.5 Å². The number of benzene rings is 2. The summed E-state index contributed by atoms with van der Waals surface area (Å²) in [6.45, 7) is 3.18. The van der Waals surface area contributed by atoms with Gasteiger partial charge in [0.25, 0.3) is 0 Å². The Labute approximate surface area is 216 Å². The third kappa shape index (κ3) is 6.82. The number of thioether (sulfide) groups is 2. The fraction of sp³-hybridized carbons (Fsp3) is 0.273. The zero-order chi connectivity index (χ0) is 24.8. The molecule has 2 aromatic heterocycles. The average Bonchev–Trinajstić information content (AvgIpc) is 3.44. The number of para-hydroxylation sites is 1. The van der Waals surface area contributed by atoms with Gasteiger partial charge in [0.05, 0.1) is 26.6 Å². The molecule has 0 saturated heterocycles. The Balaban J connectivity index is 1.25. The van der Waals surface area contributed by atoms with Crippen LogP contribution in [0.2, 0.25) is 0 Å². The molecule has 1 amide bonds. The molecule has 9 nitrogen and oxygen atoms in total. The minimum absolute atomic E-state index is 0.0690. The van der Waals surface area contributed by atoms with Crippen molar-refractivity contribution in [1.82, 2.24) is 25.1 Å². The molecule has 0 atom stereocenters. The first kappa shape index (κ1) is 25.6. The number of nitrogens with one attached hydrogen (secondary N) is 1. The van der Waals surface area contributed by atoms with E-state index in [1.807, 2.05) is 29.7 Å². The van der Waals surface area contributed by atoms with Crippen LogP contribution >= 0.6 is 34.9 Å². The van der Waals surface area contributed by atoms with Gasteiger partial charge in [0, 0.05) is 13.1 Å². The van der Waals surface area contributed by atoms with Gasteiger partial charge in [-0.25, -0.2) is 18.5 Å². The zero-order valence-corrected chi connectivity index (χ0v) is 22.1. The maximum Gasteiger partial charge on any atom is 0.238 e. The van der Waals surface area contributed by atoms with Crippen molar-refractivity contribution in [2.75, 3.05) is 12.3 Å². The van der Waals surface area contributed by atoms with Crippen LogP contribution in [0, 0.1) is 0 Å². The van der Waals surface area contributed by atoms with Crippen molar-refractivity contribution in [2.24, 2.45) is 5.14 Å². The van der Waals surface area contributed by atoms with Gasteiger partial charge in [0.1, 0.15) is 5.82 Å². The minimum atomic E-state index is -3.70. The summed E-state index contributed by atoms with van der Waals surface area (Å²) in [4.78, 5) is 17.0. The number of hydrogen-bond donors (Lipinski definition) is 2. The predicted molar refractivity (Wildman–Crippen MR) is 140 cm³/mol. The topological polar surface area (TPSA) is 133 Å². The smallest absolute Gasteiger partial charge is 0.238 e. The second-order valence-corrected chi connectivity index (χ2v) is 12.2. The standard InChI is InChI=1S/C22H24N6O3S4/c1-2-28-19(13-33-22-25-17-5-3-4-6-18(17)34-22)26-27-21(28)32-14-20(29)24-12-11-15-7-9-16(10-8-15)35(23,30)31/h3-10H,2,11-14H2,1H3,(H,24,29)(H2,23,30,31). The lowest BCUT2D eigenvalue weighted by Crippen LogP contribution is -2.27. The number of thiazole rings is 1. The molecule has 0 aliphatic heterocycles. The maximum absolute atomic E-state index is 12.3. The number of amides is 1. The molecule has 0 aliphatic carbocycles. The third-order valence-corrected chi connectivity index (χ3v) is 9.10. The van der Waals surface area contributed by atoms with Gasteiger partial charge in [-0.1, -0.05) is 47.8 Å². The van der Waals surface area contributed by atoms with Gasteiger partial charge < -0.3 is 9.88 Å². The first-order valence-electron chi connectivity index (χ1n) is 10.7. The van der Waals surface area contributed by atoms with Crippen molar-refractivity contribution in [3.63, 3.8) is 0 Å². The molecule has 13 heteroatoms. The summed E-state index contributed by atoms with van der Waals surface area (Å²) in [5.41, 5.74) is 1.91. The molecule has 0 unspecified atom stereocenters. The van der Waals surface area contributed by atoms with Gasteiger partial charge in [-0.2, -0.15) is 0 Å². The average molecular weight is 549 g/mol. The molecule has 0 radical (unpaired) electrons. The Morgan fingerprint density at radius 2 is 1.89 bits per heavy atom. The van der Waals surface area contributed by atoms with E-state index in [1.165, 1.54) is 23.9 Å². The maximum atomic E-state index is 12.3. The van der Waals surface area contributed by atoms with Crippen molar-refractivity contribution in [2.45, 2.75) is 40.0 Å². The number of carbonyl (C=O) groups excluding carboxylic acids is 1. The molecule has 4 aromatic rings. The Hall–Kier alpha value is -2.45.